The molecule has 1 aliphatic carbocycles. The van der Waals surface area contributed by atoms with Crippen LogP contribution < -0.4 is 16.0 Å². The third-order valence-electron chi connectivity index (χ3n) is 6.44. The van der Waals surface area contributed by atoms with Gasteiger partial charge in [0.1, 0.15) is 0 Å². The first-order valence-electron chi connectivity index (χ1n) is 12.1. The third kappa shape index (κ3) is 5.95. The summed E-state index contributed by atoms with van der Waals surface area (Å²) in [6.45, 7) is 7.88. The van der Waals surface area contributed by atoms with Gasteiger partial charge in [-0.25, -0.2) is 0 Å². The number of carbonyl (C=O) groups excluding carboxylic acids is 3. The Balaban J connectivity index is 1.39. The summed E-state index contributed by atoms with van der Waals surface area (Å²) in [5.41, 5.74) is 3.27. The van der Waals surface area contributed by atoms with Gasteiger partial charge in [-0.15, -0.1) is 0 Å². The number of para-hydroxylation sites is 1. The van der Waals surface area contributed by atoms with E-state index in [9.17, 15) is 14.4 Å². The van der Waals surface area contributed by atoms with Gasteiger partial charge in [-0.1, -0.05) is 32.0 Å². The van der Waals surface area contributed by atoms with E-state index in [4.69, 9.17) is 0 Å². The SMILES string of the molecule is Cc1ccc(C(=O)N2C[C@@H](C)C[C@H](C)C2)cc1NCC(=O)Nc1ccccc1C(=O)NC1CC1. The number of hydrogen-bond donors (Lipinski definition) is 3. The molecule has 3 N–H and O–H groups in total. The normalized spacial score (nSPS) is 19.9. The summed E-state index contributed by atoms with van der Waals surface area (Å²) in [6.07, 6.45) is 3.15. The average Bonchev–Trinajstić information content (AvgIpc) is 3.61. The molecule has 0 radical (unpaired) electrons. The molecule has 4 rings (SSSR count). The van der Waals surface area contributed by atoms with Gasteiger partial charge in [0.15, 0.2) is 0 Å². The molecule has 1 saturated heterocycles. The molecule has 1 saturated carbocycles. The molecule has 2 atom stereocenters. The van der Waals surface area contributed by atoms with Crippen LogP contribution in [0.4, 0.5) is 11.4 Å². The molecule has 7 nitrogen and oxygen atoms in total. The van der Waals surface area contributed by atoms with Crippen LogP contribution in [0.3, 0.4) is 0 Å². The van der Waals surface area contributed by atoms with Crippen molar-refractivity contribution in [3.63, 3.8) is 0 Å². The number of anilines is 2. The molecule has 34 heavy (non-hydrogen) atoms. The van der Waals surface area contributed by atoms with Crippen LogP contribution >= 0.6 is 0 Å². The van der Waals surface area contributed by atoms with Crippen LogP contribution in [0.1, 0.15) is 59.4 Å². The number of nitrogens with one attached hydrogen (secondary N) is 3. The van der Waals surface area contributed by atoms with Gasteiger partial charge in [0, 0.05) is 30.4 Å². The highest BCUT2D eigenvalue weighted by Gasteiger charge is 2.27. The average molecular weight is 463 g/mol. The molecule has 2 aliphatic rings. The molecule has 2 aromatic carbocycles. The molecule has 0 unspecified atom stereocenters. The Morgan fingerprint density at radius 2 is 1.68 bits per heavy atom. The lowest BCUT2D eigenvalue weighted by molar-refractivity contribution is -0.114. The molecule has 0 aromatic heterocycles. The zero-order valence-electron chi connectivity index (χ0n) is 20.2. The highest BCUT2D eigenvalue weighted by Crippen LogP contribution is 2.25. The van der Waals surface area contributed by atoms with Crippen LogP contribution in [0.15, 0.2) is 42.5 Å². The maximum absolute atomic E-state index is 13.1. The van der Waals surface area contributed by atoms with Gasteiger partial charge in [0.2, 0.25) is 5.91 Å². The van der Waals surface area contributed by atoms with E-state index < -0.39 is 0 Å². The lowest BCUT2D eigenvalue weighted by atomic mass is 9.91. The predicted molar refractivity (Wildman–Crippen MR) is 134 cm³/mol. The molecule has 1 heterocycles. The number of rotatable bonds is 7. The lowest BCUT2D eigenvalue weighted by Gasteiger charge is -2.35. The van der Waals surface area contributed by atoms with Gasteiger partial charge in [0.25, 0.3) is 11.8 Å². The summed E-state index contributed by atoms with van der Waals surface area (Å²) in [4.78, 5) is 40.2. The Labute approximate surface area is 201 Å². The predicted octanol–water partition coefficient (Wildman–Crippen LogP) is 4.06. The highest BCUT2D eigenvalue weighted by atomic mass is 16.2. The third-order valence-corrected chi connectivity index (χ3v) is 6.44. The van der Waals surface area contributed by atoms with E-state index in [1.54, 1.807) is 24.3 Å². The smallest absolute Gasteiger partial charge is 0.253 e. The summed E-state index contributed by atoms with van der Waals surface area (Å²) in [5, 5.41) is 8.95. The number of piperidine rings is 1. The van der Waals surface area contributed by atoms with E-state index in [2.05, 4.69) is 29.8 Å². The van der Waals surface area contributed by atoms with Crippen LogP contribution in [0.25, 0.3) is 0 Å². The van der Waals surface area contributed by atoms with E-state index in [0.29, 0.717) is 28.7 Å². The summed E-state index contributed by atoms with van der Waals surface area (Å²) >= 11 is 0. The van der Waals surface area contributed by atoms with Crippen molar-refractivity contribution in [3.8, 4) is 0 Å². The first-order valence-corrected chi connectivity index (χ1v) is 12.1. The van der Waals surface area contributed by atoms with Gasteiger partial charge in [-0.3, -0.25) is 14.4 Å². The Morgan fingerprint density at radius 1 is 0.971 bits per heavy atom. The summed E-state index contributed by atoms with van der Waals surface area (Å²) < 4.78 is 0. The van der Waals surface area contributed by atoms with Crippen LogP contribution in [0.5, 0.6) is 0 Å². The maximum atomic E-state index is 13.1. The minimum Gasteiger partial charge on any atom is -0.376 e. The summed E-state index contributed by atoms with van der Waals surface area (Å²) in [7, 11) is 0. The minimum atomic E-state index is -0.263. The second kappa shape index (κ2) is 10.3. The second-order valence-corrected chi connectivity index (χ2v) is 9.88. The van der Waals surface area contributed by atoms with E-state index in [1.165, 1.54) is 0 Å². The molecule has 7 heteroatoms. The monoisotopic (exact) mass is 462 g/mol. The van der Waals surface area contributed by atoms with Crippen molar-refractivity contribution in [2.45, 2.75) is 46.1 Å². The molecule has 2 fully saturated rings. The Morgan fingerprint density at radius 3 is 2.38 bits per heavy atom. The van der Waals surface area contributed by atoms with Gasteiger partial charge >= 0.3 is 0 Å². The number of aryl methyl sites for hydroxylation is 1. The number of likely N-dealkylation sites (tertiary alicyclic amines) is 1. The quantitative estimate of drug-likeness (QED) is 0.579. The standard InChI is InChI=1S/C27H34N4O3/c1-17-12-18(2)16-31(15-17)27(34)20-9-8-19(3)24(13-20)28-14-25(32)30-23-7-5-4-6-22(23)26(33)29-21-10-11-21/h4-9,13,17-18,21,28H,10-12,14-16H2,1-3H3,(H,29,33)(H,30,32)/t17-,18-/m0/s1. The fourth-order valence-corrected chi connectivity index (χ4v) is 4.61. The van der Waals surface area contributed by atoms with E-state index in [0.717, 1.165) is 43.6 Å². The molecule has 0 bridgehead atoms. The molecule has 1 aliphatic heterocycles. The number of carbonyl (C=O) groups is 3. The van der Waals surface area contributed by atoms with Crippen molar-refractivity contribution in [2.24, 2.45) is 11.8 Å². The van der Waals surface area contributed by atoms with Crippen LogP contribution in [-0.2, 0) is 4.79 Å². The second-order valence-electron chi connectivity index (χ2n) is 9.88. The molecule has 2 aromatic rings. The number of benzene rings is 2. The zero-order valence-corrected chi connectivity index (χ0v) is 20.2. The first-order chi connectivity index (χ1) is 16.3. The van der Waals surface area contributed by atoms with Crippen molar-refractivity contribution < 1.29 is 14.4 Å². The largest absolute Gasteiger partial charge is 0.376 e. The lowest BCUT2D eigenvalue weighted by Crippen LogP contribution is -2.42. The highest BCUT2D eigenvalue weighted by molar-refractivity contribution is 6.04. The molecule has 180 valence electrons. The van der Waals surface area contributed by atoms with Crippen molar-refractivity contribution in [1.29, 1.82) is 0 Å². The number of amides is 3. The molecular formula is C27H34N4O3. The van der Waals surface area contributed by atoms with Crippen molar-refractivity contribution in [3.05, 3.63) is 59.2 Å². The number of hydrogen-bond acceptors (Lipinski definition) is 4. The van der Waals surface area contributed by atoms with Gasteiger partial charge in [-0.2, -0.15) is 0 Å². The topological polar surface area (TPSA) is 90.5 Å². The zero-order chi connectivity index (χ0) is 24.2. The maximum Gasteiger partial charge on any atom is 0.253 e. The van der Waals surface area contributed by atoms with Crippen LogP contribution in [0.2, 0.25) is 0 Å². The first kappa shape index (κ1) is 23.8. The Hall–Kier alpha value is -3.35. The Bertz CT molecular complexity index is 1070. The summed E-state index contributed by atoms with van der Waals surface area (Å²) in [5.74, 6) is 0.583. The van der Waals surface area contributed by atoms with Gasteiger partial charge in [0.05, 0.1) is 17.8 Å². The minimum absolute atomic E-state index is 0.0227. The van der Waals surface area contributed by atoms with Crippen LogP contribution in [-0.4, -0.2) is 48.3 Å². The Kier molecular flexibility index (Phi) is 7.20. The molecule has 3 amide bonds. The van der Waals surface area contributed by atoms with E-state index >= 15 is 0 Å². The van der Waals surface area contributed by atoms with Crippen molar-refractivity contribution >= 4 is 29.1 Å². The van der Waals surface area contributed by atoms with Crippen LogP contribution in [0, 0.1) is 18.8 Å². The van der Waals surface area contributed by atoms with Crippen molar-refractivity contribution in [1.82, 2.24) is 10.2 Å². The molecule has 0 spiro atoms. The van der Waals surface area contributed by atoms with E-state index in [-0.39, 0.29) is 30.3 Å². The summed E-state index contributed by atoms with van der Waals surface area (Å²) in [6, 6.07) is 12.8. The fraction of sp³-hybridized carbons (Fsp3) is 0.444. The van der Waals surface area contributed by atoms with Gasteiger partial charge in [-0.05, 0) is 67.9 Å². The number of nitrogens with zero attached hydrogens (tertiary/aromatic N) is 1. The van der Waals surface area contributed by atoms with Gasteiger partial charge < -0.3 is 20.9 Å². The van der Waals surface area contributed by atoms with E-state index in [1.807, 2.05) is 30.0 Å². The molecular weight excluding hydrogens is 428 g/mol. The fourth-order valence-electron chi connectivity index (χ4n) is 4.61. The van der Waals surface area contributed by atoms with Crippen molar-refractivity contribution in [2.75, 3.05) is 30.3 Å².